The van der Waals surface area contributed by atoms with Crippen molar-refractivity contribution >= 4 is 17.3 Å². The van der Waals surface area contributed by atoms with E-state index < -0.39 is 6.04 Å². The Morgan fingerprint density at radius 3 is 2.84 bits per heavy atom. The Morgan fingerprint density at radius 2 is 2.00 bits per heavy atom. The van der Waals surface area contributed by atoms with E-state index in [9.17, 15) is 9.18 Å². The quantitative estimate of drug-likeness (QED) is 0.866. The van der Waals surface area contributed by atoms with Crippen LogP contribution in [0.25, 0.3) is 0 Å². The van der Waals surface area contributed by atoms with Gasteiger partial charge in [0.05, 0.1) is 5.69 Å². The summed E-state index contributed by atoms with van der Waals surface area (Å²) in [6.07, 6.45) is 0. The molecule has 0 bridgehead atoms. The molecule has 1 amide bonds. The number of aryl methyl sites for hydroxylation is 1. The van der Waals surface area contributed by atoms with E-state index in [2.05, 4.69) is 10.6 Å². The summed E-state index contributed by atoms with van der Waals surface area (Å²) in [5, 5.41) is 5.75. The summed E-state index contributed by atoms with van der Waals surface area (Å²) in [7, 11) is 0. The summed E-state index contributed by atoms with van der Waals surface area (Å²) in [5.41, 5.74) is 2.90. The van der Waals surface area contributed by atoms with Crippen LogP contribution in [0, 0.1) is 12.7 Å². The minimum atomic E-state index is -0.549. The fourth-order valence-electron chi connectivity index (χ4n) is 2.26. The number of fused-ring (bicyclic) bond motifs is 1. The van der Waals surface area contributed by atoms with Crippen LogP contribution in [0.2, 0.25) is 0 Å². The molecule has 2 aromatic carbocycles. The van der Waals surface area contributed by atoms with Crippen LogP contribution in [0.4, 0.5) is 15.8 Å². The molecule has 0 spiro atoms. The van der Waals surface area contributed by atoms with Crippen molar-refractivity contribution in [2.24, 2.45) is 0 Å². The van der Waals surface area contributed by atoms with E-state index in [4.69, 9.17) is 0 Å². The molecule has 0 fully saturated rings. The second-order valence-corrected chi connectivity index (χ2v) is 4.64. The first kappa shape index (κ1) is 11.7. The van der Waals surface area contributed by atoms with Crippen LogP contribution < -0.4 is 10.6 Å². The first-order valence-corrected chi connectivity index (χ1v) is 6.07. The minimum absolute atomic E-state index is 0.165. The Bertz CT molecular complexity index is 654. The molecule has 0 aliphatic carbocycles. The average Bonchev–Trinajstić information content (AvgIpc) is 2.71. The molecular formula is C15H13FN2O. The summed E-state index contributed by atoms with van der Waals surface area (Å²) in [6.45, 7) is 1.88. The van der Waals surface area contributed by atoms with Crippen LogP contribution in [0.3, 0.4) is 0 Å². The summed E-state index contributed by atoms with van der Waals surface area (Å²) < 4.78 is 13.7. The smallest absolute Gasteiger partial charge is 0.251 e. The van der Waals surface area contributed by atoms with Crippen LogP contribution in [0.5, 0.6) is 0 Å². The molecule has 3 nitrogen and oxygen atoms in total. The Labute approximate surface area is 110 Å². The maximum atomic E-state index is 13.7. The maximum absolute atomic E-state index is 13.7. The van der Waals surface area contributed by atoms with Crippen LogP contribution in [-0.2, 0) is 4.79 Å². The number of hydrogen-bond acceptors (Lipinski definition) is 2. The fourth-order valence-corrected chi connectivity index (χ4v) is 2.26. The number of anilines is 2. The molecule has 1 heterocycles. The third kappa shape index (κ3) is 2.05. The SMILES string of the molecule is Cc1ccc(F)c(NC2C(=O)Nc3ccccc32)c1. The van der Waals surface area contributed by atoms with Crippen LogP contribution in [0.1, 0.15) is 17.2 Å². The zero-order chi connectivity index (χ0) is 13.4. The van der Waals surface area contributed by atoms with Gasteiger partial charge in [0.15, 0.2) is 0 Å². The van der Waals surface area contributed by atoms with Gasteiger partial charge in [-0.25, -0.2) is 4.39 Å². The number of hydrogen-bond donors (Lipinski definition) is 2. The van der Waals surface area contributed by atoms with Gasteiger partial charge in [-0.15, -0.1) is 0 Å². The van der Waals surface area contributed by atoms with Crippen LogP contribution >= 0.6 is 0 Å². The molecule has 96 valence electrons. The van der Waals surface area contributed by atoms with E-state index in [1.165, 1.54) is 6.07 Å². The molecular weight excluding hydrogens is 243 g/mol. The van der Waals surface area contributed by atoms with Crippen molar-refractivity contribution in [2.75, 3.05) is 10.6 Å². The predicted molar refractivity (Wildman–Crippen MR) is 72.6 cm³/mol. The highest BCUT2D eigenvalue weighted by atomic mass is 19.1. The van der Waals surface area contributed by atoms with Gasteiger partial charge in [0.1, 0.15) is 11.9 Å². The molecule has 0 saturated heterocycles. The predicted octanol–water partition coefficient (Wildman–Crippen LogP) is 3.24. The molecule has 2 aromatic rings. The second kappa shape index (κ2) is 4.39. The Balaban J connectivity index is 1.95. The van der Waals surface area contributed by atoms with E-state index >= 15 is 0 Å². The van der Waals surface area contributed by atoms with E-state index in [1.54, 1.807) is 12.1 Å². The topological polar surface area (TPSA) is 41.1 Å². The number of carbonyl (C=O) groups excluding carboxylic acids is 1. The zero-order valence-corrected chi connectivity index (χ0v) is 10.4. The molecule has 2 N–H and O–H groups in total. The lowest BCUT2D eigenvalue weighted by Crippen LogP contribution is -2.20. The van der Waals surface area contributed by atoms with E-state index in [1.807, 2.05) is 31.2 Å². The van der Waals surface area contributed by atoms with E-state index in [-0.39, 0.29) is 11.7 Å². The van der Waals surface area contributed by atoms with Gasteiger partial charge < -0.3 is 10.6 Å². The van der Waals surface area contributed by atoms with Gasteiger partial charge in [-0.3, -0.25) is 4.79 Å². The van der Waals surface area contributed by atoms with Gasteiger partial charge in [0.2, 0.25) is 0 Å². The molecule has 0 saturated carbocycles. The summed E-state index contributed by atoms with van der Waals surface area (Å²) in [6, 6.07) is 11.7. The van der Waals surface area contributed by atoms with Crippen LogP contribution in [-0.4, -0.2) is 5.91 Å². The van der Waals surface area contributed by atoms with Crippen molar-refractivity contribution in [3.63, 3.8) is 0 Å². The zero-order valence-electron chi connectivity index (χ0n) is 10.4. The standard InChI is InChI=1S/C15H13FN2O/c1-9-6-7-11(16)13(8-9)17-14-10-4-2-3-5-12(10)18-15(14)19/h2-8,14,17H,1H3,(H,18,19). The maximum Gasteiger partial charge on any atom is 0.251 e. The number of carbonyl (C=O) groups is 1. The monoisotopic (exact) mass is 256 g/mol. The van der Waals surface area contributed by atoms with Gasteiger partial charge in [-0.2, -0.15) is 0 Å². The fraction of sp³-hybridized carbons (Fsp3) is 0.133. The van der Waals surface area contributed by atoms with Gasteiger partial charge in [-0.05, 0) is 30.7 Å². The van der Waals surface area contributed by atoms with Crippen molar-refractivity contribution in [3.8, 4) is 0 Å². The molecule has 1 aliphatic heterocycles. The number of benzene rings is 2. The molecule has 3 rings (SSSR count). The summed E-state index contributed by atoms with van der Waals surface area (Å²) >= 11 is 0. The number of para-hydroxylation sites is 1. The number of halogens is 1. The molecule has 19 heavy (non-hydrogen) atoms. The summed E-state index contributed by atoms with van der Waals surface area (Å²) in [5.74, 6) is -0.523. The van der Waals surface area contributed by atoms with Crippen molar-refractivity contribution in [1.29, 1.82) is 0 Å². The van der Waals surface area contributed by atoms with Gasteiger partial charge in [-0.1, -0.05) is 24.3 Å². The molecule has 1 unspecified atom stereocenters. The number of rotatable bonds is 2. The van der Waals surface area contributed by atoms with Crippen molar-refractivity contribution < 1.29 is 9.18 Å². The third-order valence-corrected chi connectivity index (χ3v) is 3.21. The molecule has 4 heteroatoms. The first-order valence-electron chi connectivity index (χ1n) is 6.07. The van der Waals surface area contributed by atoms with Crippen LogP contribution in [0.15, 0.2) is 42.5 Å². The highest BCUT2D eigenvalue weighted by molar-refractivity contribution is 6.04. The second-order valence-electron chi connectivity index (χ2n) is 4.64. The van der Waals surface area contributed by atoms with E-state index in [0.717, 1.165) is 16.8 Å². The van der Waals surface area contributed by atoms with Gasteiger partial charge >= 0.3 is 0 Å². The largest absolute Gasteiger partial charge is 0.368 e. The number of nitrogens with one attached hydrogen (secondary N) is 2. The van der Waals surface area contributed by atoms with E-state index in [0.29, 0.717) is 5.69 Å². The van der Waals surface area contributed by atoms with Crippen molar-refractivity contribution in [3.05, 3.63) is 59.4 Å². The Kier molecular flexibility index (Phi) is 2.71. The lowest BCUT2D eigenvalue weighted by atomic mass is 10.1. The number of amides is 1. The molecule has 1 aliphatic rings. The molecule has 0 aromatic heterocycles. The Morgan fingerprint density at radius 1 is 1.21 bits per heavy atom. The highest BCUT2D eigenvalue weighted by Gasteiger charge is 2.30. The lowest BCUT2D eigenvalue weighted by molar-refractivity contribution is -0.116. The van der Waals surface area contributed by atoms with Gasteiger partial charge in [0.25, 0.3) is 5.91 Å². The first-order chi connectivity index (χ1) is 9.15. The van der Waals surface area contributed by atoms with Crippen molar-refractivity contribution in [2.45, 2.75) is 13.0 Å². The third-order valence-electron chi connectivity index (χ3n) is 3.21. The summed E-state index contributed by atoms with van der Waals surface area (Å²) in [4.78, 5) is 11.9. The van der Waals surface area contributed by atoms with Gasteiger partial charge in [0, 0.05) is 11.3 Å². The van der Waals surface area contributed by atoms with Crippen molar-refractivity contribution in [1.82, 2.24) is 0 Å². The molecule has 0 radical (unpaired) electrons. The molecule has 1 atom stereocenters. The average molecular weight is 256 g/mol. The minimum Gasteiger partial charge on any atom is -0.368 e. The Hall–Kier alpha value is -2.36. The highest BCUT2D eigenvalue weighted by Crippen LogP contribution is 2.33. The lowest BCUT2D eigenvalue weighted by Gasteiger charge is -2.14. The normalized spacial score (nSPS) is 16.9.